The van der Waals surface area contributed by atoms with Crippen LogP contribution in [0.1, 0.15) is 53.9 Å². The minimum Gasteiger partial charge on any atom is -0.287 e. The van der Waals surface area contributed by atoms with Gasteiger partial charge in [-0.2, -0.15) is 0 Å². The number of unbranched alkanes of at least 4 members (excludes halogenated alkanes) is 1. The van der Waals surface area contributed by atoms with Crippen molar-refractivity contribution in [3.63, 3.8) is 0 Å². The van der Waals surface area contributed by atoms with Crippen LogP contribution in [-0.4, -0.2) is 10.9 Å². The van der Waals surface area contributed by atoms with Gasteiger partial charge in [-0.05, 0) is 18.3 Å². The molecule has 0 atom stereocenters. The van der Waals surface area contributed by atoms with E-state index in [1.54, 1.807) is 0 Å². The Morgan fingerprint density at radius 1 is 1.21 bits per heavy atom. The van der Waals surface area contributed by atoms with Crippen molar-refractivity contribution in [3.05, 3.63) is 0 Å². The molecule has 0 amide bonds. The lowest BCUT2D eigenvalue weighted by Gasteiger charge is -2.17. The Balaban J connectivity index is 3.35. The molecule has 0 unspecified atom stereocenters. The lowest BCUT2D eigenvalue weighted by Crippen LogP contribution is -2.05. The molecule has 0 aromatic carbocycles. The first kappa shape index (κ1) is 14.0. The van der Waals surface area contributed by atoms with Crippen molar-refractivity contribution in [2.75, 3.05) is 5.75 Å². The summed E-state index contributed by atoms with van der Waals surface area (Å²) in [5, 5.41) is 0.334. The van der Waals surface area contributed by atoms with Crippen molar-refractivity contribution in [2.45, 2.75) is 53.9 Å². The molecule has 0 aromatic rings. The van der Waals surface area contributed by atoms with Gasteiger partial charge >= 0.3 is 0 Å². The molecule has 0 aromatic heterocycles. The van der Waals surface area contributed by atoms with Crippen molar-refractivity contribution in [2.24, 2.45) is 11.3 Å². The predicted molar refractivity (Wildman–Crippen MR) is 65.6 cm³/mol. The van der Waals surface area contributed by atoms with Crippen LogP contribution in [0.3, 0.4) is 0 Å². The van der Waals surface area contributed by atoms with Gasteiger partial charge in [0.2, 0.25) is 0 Å². The fourth-order valence-corrected chi connectivity index (χ4v) is 1.98. The summed E-state index contributed by atoms with van der Waals surface area (Å²) in [6.45, 7) is 10.7. The van der Waals surface area contributed by atoms with Crippen LogP contribution >= 0.6 is 11.8 Å². The Morgan fingerprint density at radius 3 is 2.21 bits per heavy atom. The van der Waals surface area contributed by atoms with Gasteiger partial charge in [-0.3, -0.25) is 4.79 Å². The van der Waals surface area contributed by atoms with Crippen molar-refractivity contribution >= 4 is 16.9 Å². The fourth-order valence-electron chi connectivity index (χ4n) is 1.10. The average molecular weight is 216 g/mol. The summed E-state index contributed by atoms with van der Waals surface area (Å²) in [5.41, 5.74) is 0.437. The zero-order valence-corrected chi connectivity index (χ0v) is 11.0. The first-order chi connectivity index (χ1) is 6.33. The maximum Gasteiger partial charge on any atom is 0.191 e. The second-order valence-corrected chi connectivity index (χ2v) is 6.44. The van der Waals surface area contributed by atoms with Gasteiger partial charge in [-0.25, -0.2) is 0 Å². The van der Waals surface area contributed by atoms with E-state index < -0.39 is 0 Å². The van der Waals surface area contributed by atoms with Gasteiger partial charge in [0.25, 0.3) is 0 Å². The van der Waals surface area contributed by atoms with E-state index >= 15 is 0 Å². The molecular weight excluding hydrogens is 192 g/mol. The van der Waals surface area contributed by atoms with Crippen LogP contribution in [0.25, 0.3) is 0 Å². The van der Waals surface area contributed by atoms with Crippen LogP contribution in [0, 0.1) is 11.3 Å². The molecule has 0 fully saturated rings. The first-order valence-corrected chi connectivity index (χ1v) is 6.48. The monoisotopic (exact) mass is 216 g/mol. The van der Waals surface area contributed by atoms with Gasteiger partial charge < -0.3 is 0 Å². The van der Waals surface area contributed by atoms with Gasteiger partial charge in [-0.1, -0.05) is 52.8 Å². The lowest BCUT2D eigenvalue weighted by molar-refractivity contribution is -0.113. The zero-order chi connectivity index (χ0) is 11.2. The number of hydrogen-bond acceptors (Lipinski definition) is 2. The van der Waals surface area contributed by atoms with Crippen molar-refractivity contribution in [3.8, 4) is 0 Å². The highest BCUT2D eigenvalue weighted by Crippen LogP contribution is 2.22. The number of carbonyl (C=O) groups excluding carboxylic acids is 1. The highest BCUT2D eigenvalue weighted by molar-refractivity contribution is 8.13. The molecule has 0 radical (unpaired) electrons. The smallest absolute Gasteiger partial charge is 0.191 e. The van der Waals surface area contributed by atoms with E-state index in [2.05, 4.69) is 20.8 Å². The summed E-state index contributed by atoms with van der Waals surface area (Å²) in [4.78, 5) is 11.3. The summed E-state index contributed by atoms with van der Waals surface area (Å²) < 4.78 is 0. The van der Waals surface area contributed by atoms with E-state index in [1.807, 2.05) is 13.8 Å². The van der Waals surface area contributed by atoms with E-state index in [4.69, 9.17) is 0 Å². The SMILES string of the molecule is CC(C)C(=O)SCCCCC(C)(C)C. The third-order valence-electron chi connectivity index (χ3n) is 2.04. The molecule has 14 heavy (non-hydrogen) atoms. The van der Waals surface area contributed by atoms with Gasteiger partial charge in [0.15, 0.2) is 5.12 Å². The summed E-state index contributed by atoms with van der Waals surface area (Å²) in [6, 6.07) is 0. The van der Waals surface area contributed by atoms with Crippen LogP contribution in [0.5, 0.6) is 0 Å². The van der Waals surface area contributed by atoms with Crippen LogP contribution < -0.4 is 0 Å². The number of carbonyl (C=O) groups is 1. The van der Waals surface area contributed by atoms with E-state index in [1.165, 1.54) is 31.0 Å². The minimum absolute atomic E-state index is 0.183. The molecule has 0 saturated carbocycles. The van der Waals surface area contributed by atoms with Crippen molar-refractivity contribution in [1.29, 1.82) is 0 Å². The van der Waals surface area contributed by atoms with Gasteiger partial charge in [-0.15, -0.1) is 0 Å². The number of rotatable bonds is 5. The summed E-state index contributed by atoms with van der Waals surface area (Å²) in [7, 11) is 0. The largest absolute Gasteiger partial charge is 0.287 e. The molecule has 0 bridgehead atoms. The summed E-state index contributed by atoms with van der Waals surface area (Å²) >= 11 is 1.50. The van der Waals surface area contributed by atoms with Gasteiger partial charge in [0.1, 0.15) is 0 Å². The van der Waals surface area contributed by atoms with E-state index in [9.17, 15) is 4.79 Å². The normalized spacial score (nSPS) is 12.1. The highest BCUT2D eigenvalue weighted by atomic mass is 32.2. The molecule has 2 heteroatoms. The molecule has 0 aliphatic heterocycles. The molecule has 0 spiro atoms. The molecular formula is C12H24OS. The maximum absolute atomic E-state index is 11.3. The summed E-state index contributed by atoms with van der Waals surface area (Å²) in [5.74, 6) is 1.18. The maximum atomic E-state index is 11.3. The van der Waals surface area contributed by atoms with Crippen LogP contribution in [0.2, 0.25) is 0 Å². The molecule has 0 aliphatic carbocycles. The van der Waals surface area contributed by atoms with E-state index in [0.29, 0.717) is 10.5 Å². The highest BCUT2D eigenvalue weighted by Gasteiger charge is 2.10. The molecule has 1 nitrogen and oxygen atoms in total. The standard InChI is InChI=1S/C12H24OS/c1-10(2)11(13)14-9-7-6-8-12(3,4)5/h10H,6-9H2,1-5H3. The van der Waals surface area contributed by atoms with Crippen molar-refractivity contribution in [1.82, 2.24) is 0 Å². The fraction of sp³-hybridized carbons (Fsp3) is 0.917. The molecule has 0 N–H and O–H groups in total. The second-order valence-electron chi connectivity index (χ2n) is 5.34. The molecule has 0 saturated heterocycles. The van der Waals surface area contributed by atoms with Gasteiger partial charge in [0, 0.05) is 11.7 Å². The van der Waals surface area contributed by atoms with Crippen LogP contribution in [-0.2, 0) is 4.79 Å². The zero-order valence-electron chi connectivity index (χ0n) is 10.2. The predicted octanol–water partition coefficient (Wildman–Crippen LogP) is 4.12. The Hall–Kier alpha value is 0.0200. The van der Waals surface area contributed by atoms with Crippen LogP contribution in [0.15, 0.2) is 0 Å². The van der Waals surface area contributed by atoms with Crippen molar-refractivity contribution < 1.29 is 4.79 Å². The second kappa shape index (κ2) is 6.49. The minimum atomic E-state index is 0.183. The topological polar surface area (TPSA) is 17.1 Å². The number of hydrogen-bond donors (Lipinski definition) is 0. The first-order valence-electron chi connectivity index (χ1n) is 5.49. The quantitative estimate of drug-likeness (QED) is 0.643. The van der Waals surface area contributed by atoms with E-state index in [-0.39, 0.29) is 5.92 Å². The Kier molecular flexibility index (Phi) is 6.50. The molecule has 0 heterocycles. The van der Waals surface area contributed by atoms with Crippen LogP contribution in [0.4, 0.5) is 0 Å². The Labute approximate surface area is 93.0 Å². The lowest BCUT2D eigenvalue weighted by atomic mass is 9.90. The third-order valence-corrected chi connectivity index (χ3v) is 3.29. The third kappa shape index (κ3) is 8.61. The van der Waals surface area contributed by atoms with E-state index in [0.717, 1.165) is 5.75 Å². The molecule has 84 valence electrons. The average Bonchev–Trinajstić information content (AvgIpc) is 2.01. The Morgan fingerprint density at radius 2 is 1.79 bits per heavy atom. The molecule has 0 rings (SSSR count). The summed E-state index contributed by atoms with van der Waals surface area (Å²) in [6.07, 6.45) is 3.66. The Bertz CT molecular complexity index is 168. The molecule has 0 aliphatic rings. The van der Waals surface area contributed by atoms with Gasteiger partial charge in [0.05, 0.1) is 0 Å². The number of thioether (sulfide) groups is 1.